The maximum atomic E-state index is 12.7. The Balaban J connectivity index is 1.78. The zero-order chi connectivity index (χ0) is 17.3. The zero-order valence-electron chi connectivity index (χ0n) is 13.6. The van der Waals surface area contributed by atoms with Crippen molar-refractivity contribution in [3.63, 3.8) is 0 Å². The third kappa shape index (κ3) is 3.06. The van der Waals surface area contributed by atoms with E-state index in [1.807, 2.05) is 6.92 Å². The summed E-state index contributed by atoms with van der Waals surface area (Å²) in [7, 11) is 0. The minimum Gasteiger partial charge on any atom is -0.481 e. The maximum Gasteiger partial charge on any atom is 0.321 e. The SMILES string of the molecule is C[C@@H]1CN(C(=O)c2cccc(N3CCCNC3=O)c2)C[C@H]1C(=O)O. The first-order chi connectivity index (χ1) is 11.5. The summed E-state index contributed by atoms with van der Waals surface area (Å²) >= 11 is 0. The van der Waals surface area contributed by atoms with Crippen LogP contribution >= 0.6 is 0 Å². The quantitative estimate of drug-likeness (QED) is 0.876. The topological polar surface area (TPSA) is 90.0 Å². The summed E-state index contributed by atoms with van der Waals surface area (Å²) < 4.78 is 0. The highest BCUT2D eigenvalue weighted by molar-refractivity contribution is 5.98. The minimum atomic E-state index is -0.864. The summed E-state index contributed by atoms with van der Waals surface area (Å²) in [4.78, 5) is 39.1. The lowest BCUT2D eigenvalue weighted by Gasteiger charge is -2.28. The molecule has 0 aliphatic carbocycles. The van der Waals surface area contributed by atoms with Crippen LogP contribution in [0.25, 0.3) is 0 Å². The van der Waals surface area contributed by atoms with Gasteiger partial charge in [-0.15, -0.1) is 0 Å². The number of carboxylic acids is 1. The van der Waals surface area contributed by atoms with E-state index in [0.29, 0.717) is 30.9 Å². The molecule has 128 valence electrons. The number of likely N-dealkylation sites (tertiary alicyclic amines) is 1. The van der Waals surface area contributed by atoms with Gasteiger partial charge in [0.15, 0.2) is 0 Å². The number of hydrogen-bond acceptors (Lipinski definition) is 3. The Morgan fingerprint density at radius 3 is 2.75 bits per heavy atom. The van der Waals surface area contributed by atoms with E-state index in [-0.39, 0.29) is 24.4 Å². The summed E-state index contributed by atoms with van der Waals surface area (Å²) in [6, 6.07) is 6.79. The van der Waals surface area contributed by atoms with Crippen molar-refractivity contribution in [2.24, 2.45) is 11.8 Å². The zero-order valence-corrected chi connectivity index (χ0v) is 13.6. The molecule has 1 aromatic carbocycles. The van der Waals surface area contributed by atoms with Crippen molar-refractivity contribution in [1.82, 2.24) is 10.2 Å². The minimum absolute atomic E-state index is 0.0671. The van der Waals surface area contributed by atoms with Gasteiger partial charge in [0.2, 0.25) is 0 Å². The van der Waals surface area contributed by atoms with Crippen LogP contribution in [0.15, 0.2) is 24.3 Å². The van der Waals surface area contributed by atoms with Gasteiger partial charge < -0.3 is 15.3 Å². The van der Waals surface area contributed by atoms with Crippen LogP contribution in [0.3, 0.4) is 0 Å². The molecule has 0 spiro atoms. The van der Waals surface area contributed by atoms with Crippen LogP contribution in [0.5, 0.6) is 0 Å². The Kier molecular flexibility index (Phi) is 4.42. The lowest BCUT2D eigenvalue weighted by atomic mass is 9.99. The van der Waals surface area contributed by atoms with Gasteiger partial charge in [0.25, 0.3) is 5.91 Å². The second kappa shape index (κ2) is 6.51. The number of carbonyl (C=O) groups is 3. The number of nitrogens with zero attached hydrogens (tertiary/aromatic N) is 2. The Bertz CT molecular complexity index is 676. The summed E-state index contributed by atoms with van der Waals surface area (Å²) in [5.41, 5.74) is 1.16. The molecule has 2 aliphatic heterocycles. The van der Waals surface area contributed by atoms with E-state index in [1.165, 1.54) is 0 Å². The van der Waals surface area contributed by atoms with Crippen LogP contribution in [0, 0.1) is 11.8 Å². The van der Waals surface area contributed by atoms with Crippen LogP contribution in [0.2, 0.25) is 0 Å². The molecule has 24 heavy (non-hydrogen) atoms. The van der Waals surface area contributed by atoms with Crippen molar-refractivity contribution >= 4 is 23.6 Å². The van der Waals surface area contributed by atoms with E-state index in [2.05, 4.69) is 5.32 Å². The van der Waals surface area contributed by atoms with Crippen molar-refractivity contribution in [3.8, 4) is 0 Å². The van der Waals surface area contributed by atoms with Gasteiger partial charge in [-0.25, -0.2) is 4.79 Å². The third-order valence-corrected chi connectivity index (χ3v) is 4.70. The van der Waals surface area contributed by atoms with E-state index >= 15 is 0 Å². The largest absolute Gasteiger partial charge is 0.481 e. The van der Waals surface area contributed by atoms with Gasteiger partial charge >= 0.3 is 12.0 Å². The molecule has 2 heterocycles. The standard InChI is InChI=1S/C17H21N3O4/c1-11-9-19(10-14(11)16(22)23)15(21)12-4-2-5-13(8-12)20-7-3-6-18-17(20)24/h2,4-5,8,11,14H,3,6-7,9-10H2,1H3,(H,18,24)(H,22,23)/t11-,14-/m1/s1. The molecule has 2 atom stereocenters. The normalized spacial score (nSPS) is 24.0. The van der Waals surface area contributed by atoms with E-state index in [0.717, 1.165) is 6.42 Å². The van der Waals surface area contributed by atoms with Crippen LogP contribution in [-0.4, -0.2) is 54.1 Å². The van der Waals surface area contributed by atoms with Gasteiger partial charge in [-0.3, -0.25) is 14.5 Å². The van der Waals surface area contributed by atoms with Gasteiger partial charge in [0, 0.05) is 37.4 Å². The monoisotopic (exact) mass is 331 g/mol. The summed E-state index contributed by atoms with van der Waals surface area (Å²) in [5, 5.41) is 12.0. The Morgan fingerprint density at radius 2 is 2.08 bits per heavy atom. The van der Waals surface area contributed by atoms with Crippen LogP contribution < -0.4 is 10.2 Å². The number of rotatable bonds is 3. The van der Waals surface area contributed by atoms with E-state index in [1.54, 1.807) is 34.1 Å². The fourth-order valence-electron chi connectivity index (χ4n) is 3.32. The number of nitrogens with one attached hydrogen (secondary N) is 1. The van der Waals surface area contributed by atoms with Crippen molar-refractivity contribution in [1.29, 1.82) is 0 Å². The van der Waals surface area contributed by atoms with Gasteiger partial charge in [0.05, 0.1) is 5.92 Å². The number of aliphatic carboxylic acids is 1. The number of anilines is 1. The number of benzene rings is 1. The number of carbonyl (C=O) groups excluding carboxylic acids is 2. The van der Waals surface area contributed by atoms with Gasteiger partial charge in [-0.1, -0.05) is 13.0 Å². The first-order valence-corrected chi connectivity index (χ1v) is 8.15. The molecule has 2 aliphatic rings. The van der Waals surface area contributed by atoms with Gasteiger partial charge in [0.1, 0.15) is 0 Å². The van der Waals surface area contributed by atoms with Crippen LogP contribution in [0.1, 0.15) is 23.7 Å². The van der Waals surface area contributed by atoms with E-state index < -0.39 is 11.9 Å². The Hall–Kier alpha value is -2.57. The molecule has 0 saturated carbocycles. The first-order valence-electron chi connectivity index (χ1n) is 8.15. The molecule has 7 heteroatoms. The summed E-state index contributed by atoms with van der Waals surface area (Å²) in [6.07, 6.45) is 0.855. The molecule has 0 radical (unpaired) electrons. The third-order valence-electron chi connectivity index (χ3n) is 4.70. The molecule has 0 unspecified atom stereocenters. The number of urea groups is 1. The average molecular weight is 331 g/mol. The lowest BCUT2D eigenvalue weighted by molar-refractivity contribution is -0.142. The lowest BCUT2D eigenvalue weighted by Crippen LogP contribution is -2.46. The molecule has 3 rings (SSSR count). The van der Waals surface area contributed by atoms with Crippen LogP contribution in [0.4, 0.5) is 10.5 Å². The molecular weight excluding hydrogens is 310 g/mol. The van der Waals surface area contributed by atoms with E-state index in [9.17, 15) is 19.5 Å². The molecule has 2 N–H and O–H groups in total. The molecule has 0 aromatic heterocycles. The highest BCUT2D eigenvalue weighted by Gasteiger charge is 2.37. The Morgan fingerprint density at radius 1 is 1.29 bits per heavy atom. The summed E-state index contributed by atoms with van der Waals surface area (Å²) in [6.45, 7) is 3.79. The molecule has 3 amide bonds. The van der Waals surface area contributed by atoms with Crippen molar-refractivity contribution in [2.75, 3.05) is 31.1 Å². The predicted molar refractivity (Wildman–Crippen MR) is 88.0 cm³/mol. The Labute approximate surface area is 140 Å². The average Bonchev–Trinajstić information content (AvgIpc) is 2.97. The first kappa shape index (κ1) is 16.3. The maximum absolute atomic E-state index is 12.7. The van der Waals surface area contributed by atoms with E-state index in [4.69, 9.17) is 0 Å². The fourth-order valence-corrected chi connectivity index (χ4v) is 3.32. The highest BCUT2D eigenvalue weighted by atomic mass is 16.4. The fraction of sp³-hybridized carbons (Fsp3) is 0.471. The highest BCUT2D eigenvalue weighted by Crippen LogP contribution is 2.26. The van der Waals surface area contributed by atoms with Crippen molar-refractivity contribution in [3.05, 3.63) is 29.8 Å². The van der Waals surface area contributed by atoms with Crippen molar-refractivity contribution < 1.29 is 19.5 Å². The second-order valence-electron chi connectivity index (χ2n) is 6.42. The number of hydrogen-bond donors (Lipinski definition) is 2. The molecule has 1 aromatic rings. The second-order valence-corrected chi connectivity index (χ2v) is 6.42. The smallest absolute Gasteiger partial charge is 0.321 e. The van der Waals surface area contributed by atoms with Gasteiger partial charge in [-0.2, -0.15) is 0 Å². The molecule has 7 nitrogen and oxygen atoms in total. The predicted octanol–water partition coefficient (Wildman–Crippen LogP) is 1.40. The van der Waals surface area contributed by atoms with Gasteiger partial charge in [-0.05, 0) is 30.5 Å². The molecule has 2 fully saturated rings. The molecular formula is C17H21N3O4. The molecule has 2 saturated heterocycles. The number of carboxylic acid groups (broad SMARTS) is 1. The number of amides is 3. The molecule has 0 bridgehead atoms. The van der Waals surface area contributed by atoms with Crippen LogP contribution in [-0.2, 0) is 4.79 Å². The summed E-state index contributed by atoms with van der Waals surface area (Å²) in [5.74, 6) is -1.64. The van der Waals surface area contributed by atoms with Crippen molar-refractivity contribution in [2.45, 2.75) is 13.3 Å².